The fourth-order valence-corrected chi connectivity index (χ4v) is 2.81. The summed E-state index contributed by atoms with van der Waals surface area (Å²) in [6, 6.07) is 6.09. The number of aryl methyl sites for hydroxylation is 1. The normalized spacial score (nSPS) is 19.6. The van der Waals surface area contributed by atoms with Crippen molar-refractivity contribution in [2.45, 2.75) is 12.8 Å². The summed E-state index contributed by atoms with van der Waals surface area (Å²) in [7, 11) is 0. The Morgan fingerprint density at radius 2 is 2.05 bits per heavy atom. The van der Waals surface area contributed by atoms with E-state index >= 15 is 0 Å². The van der Waals surface area contributed by atoms with E-state index in [1.165, 1.54) is 11.3 Å². The number of benzene rings is 1. The third kappa shape index (κ3) is 2.96. The van der Waals surface area contributed by atoms with E-state index in [0.29, 0.717) is 6.54 Å². The summed E-state index contributed by atoms with van der Waals surface area (Å²) in [4.78, 5) is 14.5. The van der Waals surface area contributed by atoms with Gasteiger partial charge in [-0.2, -0.15) is 0 Å². The summed E-state index contributed by atoms with van der Waals surface area (Å²) < 4.78 is 0. The maximum atomic E-state index is 12.3. The molecule has 19 heavy (non-hydrogen) atoms. The Hall–Kier alpha value is -1.39. The van der Waals surface area contributed by atoms with E-state index in [9.17, 15) is 4.79 Å². The Morgan fingerprint density at radius 1 is 1.21 bits per heavy atom. The highest BCUT2D eigenvalue weighted by Crippen LogP contribution is 2.23. The van der Waals surface area contributed by atoms with Gasteiger partial charge in [-0.3, -0.25) is 9.69 Å². The lowest BCUT2D eigenvalue weighted by Crippen LogP contribution is -2.45. The van der Waals surface area contributed by atoms with Crippen molar-refractivity contribution >= 4 is 11.5 Å². The smallest absolute Gasteiger partial charge is 0.176 e. The number of hydrogen-bond acceptors (Lipinski definition) is 4. The molecule has 2 N–H and O–H groups in total. The van der Waals surface area contributed by atoms with Gasteiger partial charge in [0.25, 0.3) is 0 Å². The first-order valence-corrected chi connectivity index (χ1v) is 7.16. The molecule has 0 unspecified atom stereocenters. The predicted molar refractivity (Wildman–Crippen MR) is 76.9 cm³/mol. The lowest BCUT2D eigenvalue weighted by Gasteiger charge is -2.26. The number of carbonyl (C=O) groups is 1. The van der Waals surface area contributed by atoms with E-state index in [1.54, 1.807) is 0 Å². The second kappa shape index (κ2) is 5.72. The number of piperazine rings is 1. The summed E-state index contributed by atoms with van der Waals surface area (Å²) >= 11 is 0. The van der Waals surface area contributed by atoms with Crippen LogP contribution < -0.4 is 10.6 Å². The molecule has 1 saturated heterocycles. The average Bonchev–Trinajstić information content (AvgIpc) is 2.48. The summed E-state index contributed by atoms with van der Waals surface area (Å²) in [5.41, 5.74) is 3.35. The minimum absolute atomic E-state index is 0.246. The standard InChI is InChI=1S/C15H21N3O/c19-15(11-18-8-6-16-7-9-18)13-3-4-14-12(10-13)2-1-5-17-14/h3-4,10,16-17H,1-2,5-9,11H2. The third-order valence-corrected chi connectivity index (χ3v) is 3.94. The van der Waals surface area contributed by atoms with E-state index in [-0.39, 0.29) is 5.78 Å². The van der Waals surface area contributed by atoms with Crippen LogP contribution in [0.2, 0.25) is 0 Å². The molecule has 2 heterocycles. The minimum Gasteiger partial charge on any atom is -0.385 e. The molecule has 0 bridgehead atoms. The maximum absolute atomic E-state index is 12.3. The number of nitrogens with one attached hydrogen (secondary N) is 2. The van der Waals surface area contributed by atoms with Gasteiger partial charge >= 0.3 is 0 Å². The van der Waals surface area contributed by atoms with E-state index in [2.05, 4.69) is 27.7 Å². The Bertz CT molecular complexity index is 466. The van der Waals surface area contributed by atoms with Gasteiger partial charge in [0, 0.05) is 44.0 Å². The molecule has 3 rings (SSSR count). The van der Waals surface area contributed by atoms with Gasteiger partial charge in [-0.15, -0.1) is 0 Å². The van der Waals surface area contributed by atoms with Gasteiger partial charge in [0.2, 0.25) is 0 Å². The molecule has 102 valence electrons. The molecular weight excluding hydrogens is 238 g/mol. The maximum Gasteiger partial charge on any atom is 0.176 e. The van der Waals surface area contributed by atoms with Crippen LogP contribution in [-0.2, 0) is 6.42 Å². The summed E-state index contributed by atoms with van der Waals surface area (Å²) in [5.74, 6) is 0.246. The average molecular weight is 259 g/mol. The van der Waals surface area contributed by atoms with Crippen molar-refractivity contribution in [1.29, 1.82) is 0 Å². The van der Waals surface area contributed by atoms with Gasteiger partial charge < -0.3 is 10.6 Å². The highest BCUT2D eigenvalue weighted by atomic mass is 16.1. The van der Waals surface area contributed by atoms with Crippen molar-refractivity contribution in [2.24, 2.45) is 0 Å². The van der Waals surface area contributed by atoms with E-state index < -0.39 is 0 Å². The highest BCUT2D eigenvalue weighted by Gasteiger charge is 2.16. The Morgan fingerprint density at radius 3 is 2.89 bits per heavy atom. The Kier molecular flexibility index (Phi) is 3.80. The number of ketones is 1. The number of hydrogen-bond donors (Lipinski definition) is 2. The van der Waals surface area contributed by atoms with Crippen LogP contribution in [0.25, 0.3) is 0 Å². The summed E-state index contributed by atoms with van der Waals surface area (Å²) in [6.07, 6.45) is 2.24. The molecule has 4 heteroatoms. The largest absolute Gasteiger partial charge is 0.385 e. The number of fused-ring (bicyclic) bond motifs is 1. The van der Waals surface area contributed by atoms with Crippen molar-refractivity contribution in [3.05, 3.63) is 29.3 Å². The van der Waals surface area contributed by atoms with Gasteiger partial charge in [-0.05, 0) is 36.6 Å². The zero-order valence-electron chi connectivity index (χ0n) is 11.2. The van der Waals surface area contributed by atoms with E-state index in [4.69, 9.17) is 0 Å². The number of anilines is 1. The number of Topliss-reactive ketones (excluding diaryl/α,β-unsaturated/α-hetero) is 1. The lowest BCUT2D eigenvalue weighted by atomic mass is 9.99. The number of carbonyl (C=O) groups excluding carboxylic acids is 1. The Labute approximate surface area is 114 Å². The van der Waals surface area contributed by atoms with E-state index in [0.717, 1.165) is 51.1 Å². The molecule has 0 spiro atoms. The van der Waals surface area contributed by atoms with E-state index in [1.807, 2.05) is 6.07 Å². The van der Waals surface area contributed by atoms with Crippen LogP contribution in [0.1, 0.15) is 22.3 Å². The van der Waals surface area contributed by atoms with Crippen molar-refractivity contribution in [1.82, 2.24) is 10.2 Å². The fraction of sp³-hybridized carbons (Fsp3) is 0.533. The molecule has 2 aliphatic heterocycles. The SMILES string of the molecule is O=C(CN1CCNCC1)c1ccc2c(c1)CCCN2. The summed E-state index contributed by atoms with van der Waals surface area (Å²) in [6.45, 7) is 5.51. The molecule has 2 aliphatic rings. The van der Waals surface area contributed by atoms with Crippen molar-refractivity contribution < 1.29 is 4.79 Å². The van der Waals surface area contributed by atoms with Crippen LogP contribution in [0, 0.1) is 0 Å². The molecule has 0 aromatic heterocycles. The fourth-order valence-electron chi connectivity index (χ4n) is 2.81. The lowest BCUT2D eigenvalue weighted by molar-refractivity contribution is 0.0921. The van der Waals surface area contributed by atoms with Gasteiger partial charge in [0.1, 0.15) is 0 Å². The molecule has 4 nitrogen and oxygen atoms in total. The molecule has 1 fully saturated rings. The zero-order valence-corrected chi connectivity index (χ0v) is 11.2. The molecule has 0 saturated carbocycles. The quantitative estimate of drug-likeness (QED) is 0.799. The van der Waals surface area contributed by atoms with Gasteiger partial charge in [-0.25, -0.2) is 0 Å². The first-order valence-electron chi connectivity index (χ1n) is 7.16. The second-order valence-electron chi connectivity index (χ2n) is 5.35. The molecule has 0 amide bonds. The predicted octanol–water partition coefficient (Wildman–Crippen LogP) is 1.13. The number of rotatable bonds is 3. The van der Waals surface area contributed by atoms with Crippen LogP contribution in [0.15, 0.2) is 18.2 Å². The van der Waals surface area contributed by atoms with Crippen molar-refractivity contribution in [3.63, 3.8) is 0 Å². The van der Waals surface area contributed by atoms with Crippen LogP contribution in [0.5, 0.6) is 0 Å². The highest BCUT2D eigenvalue weighted by molar-refractivity contribution is 5.98. The Balaban J connectivity index is 1.69. The number of nitrogens with zero attached hydrogens (tertiary/aromatic N) is 1. The molecule has 0 atom stereocenters. The van der Waals surface area contributed by atoms with Gasteiger partial charge in [-0.1, -0.05) is 0 Å². The molecule has 0 aliphatic carbocycles. The monoisotopic (exact) mass is 259 g/mol. The third-order valence-electron chi connectivity index (χ3n) is 3.94. The van der Waals surface area contributed by atoms with Crippen LogP contribution in [0.4, 0.5) is 5.69 Å². The first-order chi connectivity index (χ1) is 9.33. The molecule has 1 aromatic carbocycles. The topological polar surface area (TPSA) is 44.4 Å². The van der Waals surface area contributed by atoms with Gasteiger partial charge in [0.05, 0.1) is 6.54 Å². The van der Waals surface area contributed by atoms with Crippen LogP contribution >= 0.6 is 0 Å². The first kappa shape index (κ1) is 12.6. The molecular formula is C15H21N3O. The van der Waals surface area contributed by atoms with Gasteiger partial charge in [0.15, 0.2) is 5.78 Å². The van der Waals surface area contributed by atoms with Crippen molar-refractivity contribution in [3.8, 4) is 0 Å². The van der Waals surface area contributed by atoms with Crippen LogP contribution in [0.3, 0.4) is 0 Å². The molecule has 0 radical (unpaired) electrons. The summed E-state index contributed by atoms with van der Waals surface area (Å²) in [5, 5.41) is 6.69. The zero-order chi connectivity index (χ0) is 13.1. The second-order valence-corrected chi connectivity index (χ2v) is 5.35. The van der Waals surface area contributed by atoms with Crippen molar-refractivity contribution in [2.75, 3.05) is 44.6 Å². The molecule has 1 aromatic rings. The minimum atomic E-state index is 0.246. The van der Waals surface area contributed by atoms with Crippen LogP contribution in [-0.4, -0.2) is 50.0 Å².